The molecule has 6 nitrogen and oxygen atoms in total. The average molecular weight is 789 g/mol. The second-order valence-electron chi connectivity index (χ2n) is 16.0. The summed E-state index contributed by atoms with van der Waals surface area (Å²) in [5.41, 5.74) is 12.5. The van der Waals surface area contributed by atoms with Gasteiger partial charge in [-0.2, -0.15) is 10.5 Å². The Hall–Kier alpha value is -8.84. The second kappa shape index (κ2) is 12.8. The molecule has 0 saturated carbocycles. The molecule has 0 unspecified atom stereocenters. The highest BCUT2D eigenvalue weighted by Crippen LogP contribution is 2.43. The lowest BCUT2D eigenvalue weighted by atomic mass is 10.1. The first-order valence-corrected chi connectivity index (χ1v) is 20.7. The highest BCUT2D eigenvalue weighted by Gasteiger charge is 2.24. The number of rotatable bonds is 4. The van der Waals surface area contributed by atoms with Crippen molar-refractivity contribution in [3.63, 3.8) is 0 Å². The maximum absolute atomic E-state index is 11.2. The molecule has 62 heavy (non-hydrogen) atoms. The van der Waals surface area contributed by atoms with Crippen molar-refractivity contribution in [1.82, 2.24) is 18.3 Å². The van der Waals surface area contributed by atoms with Gasteiger partial charge in [0.25, 0.3) is 0 Å². The van der Waals surface area contributed by atoms with Gasteiger partial charge in [-0.3, -0.25) is 0 Å². The summed E-state index contributed by atoms with van der Waals surface area (Å²) in [7, 11) is 0. The van der Waals surface area contributed by atoms with Crippen molar-refractivity contribution in [3.05, 3.63) is 205 Å². The van der Waals surface area contributed by atoms with Crippen LogP contribution in [0.1, 0.15) is 11.1 Å². The highest BCUT2D eigenvalue weighted by molar-refractivity contribution is 6.21. The standard InChI is InChI=1S/C56H32N6/c57-33-35-27-39(61-50-25-13-9-21-42(50)46-29-44-40-19-7-11-23-48(40)59(52(44)31-54(46)61)37-15-3-1-4-16-37)28-36(34-58)56(35)62-51-26-14-10-22-43(51)47-30-45-41-20-8-12-24-49(41)60(53(45)32-55(47)62)38-17-5-2-6-18-38/h1-32H. The van der Waals surface area contributed by atoms with Gasteiger partial charge in [0.1, 0.15) is 12.1 Å². The minimum absolute atomic E-state index is 0.413. The fraction of sp³-hybridized carbons (Fsp3) is 0. The molecule has 0 aliphatic heterocycles. The smallest absolute Gasteiger partial charge is 0.101 e. The fourth-order valence-electron chi connectivity index (χ4n) is 10.3. The third kappa shape index (κ3) is 4.61. The molecule has 6 heteroatoms. The van der Waals surface area contributed by atoms with Gasteiger partial charge in [-0.25, -0.2) is 0 Å². The monoisotopic (exact) mass is 788 g/mol. The van der Waals surface area contributed by atoms with E-state index < -0.39 is 0 Å². The predicted octanol–water partition coefficient (Wildman–Crippen LogP) is 13.8. The molecule has 0 saturated heterocycles. The van der Waals surface area contributed by atoms with E-state index in [-0.39, 0.29) is 0 Å². The van der Waals surface area contributed by atoms with Crippen molar-refractivity contribution in [2.75, 3.05) is 0 Å². The Kier molecular flexibility index (Phi) is 7.05. The van der Waals surface area contributed by atoms with E-state index in [1.165, 1.54) is 5.39 Å². The molecular weight excluding hydrogens is 757 g/mol. The topological polar surface area (TPSA) is 67.3 Å². The van der Waals surface area contributed by atoms with Gasteiger partial charge in [-0.05, 0) is 84.9 Å². The lowest BCUT2D eigenvalue weighted by Crippen LogP contribution is -2.05. The SMILES string of the molecule is N#Cc1cc(-n2c3ccccc3c3cc4c5ccccc5n(-c5ccccc5)c4cc32)cc(C#N)c1-n1c2ccccc2c2cc3c4ccccc4n(-c4ccccc4)c3cc21. The Morgan fingerprint density at radius 1 is 0.258 bits per heavy atom. The molecule has 0 atom stereocenters. The average Bonchev–Trinajstić information content (AvgIpc) is 4.04. The molecule has 13 rings (SSSR count). The van der Waals surface area contributed by atoms with Crippen LogP contribution >= 0.6 is 0 Å². The molecule has 0 amide bonds. The summed E-state index contributed by atoms with van der Waals surface area (Å²) in [6.07, 6.45) is 0. The molecule has 0 aliphatic rings. The van der Waals surface area contributed by atoms with Crippen LogP contribution in [-0.2, 0) is 0 Å². The van der Waals surface area contributed by atoms with E-state index in [0.717, 1.165) is 98.9 Å². The van der Waals surface area contributed by atoms with E-state index in [0.29, 0.717) is 16.8 Å². The van der Waals surface area contributed by atoms with Crippen LogP contribution in [0.4, 0.5) is 0 Å². The summed E-state index contributed by atoms with van der Waals surface area (Å²) in [6, 6.07) is 72.8. The molecule has 4 aromatic heterocycles. The second-order valence-corrected chi connectivity index (χ2v) is 16.0. The summed E-state index contributed by atoms with van der Waals surface area (Å²) in [6.45, 7) is 0. The first-order valence-electron chi connectivity index (χ1n) is 20.7. The Morgan fingerprint density at radius 3 is 0.935 bits per heavy atom. The number of hydrogen-bond acceptors (Lipinski definition) is 2. The van der Waals surface area contributed by atoms with Crippen molar-refractivity contribution in [2.45, 2.75) is 0 Å². The van der Waals surface area contributed by atoms with Crippen LogP contribution in [0, 0.1) is 22.7 Å². The van der Waals surface area contributed by atoms with Crippen molar-refractivity contribution in [3.8, 4) is 34.9 Å². The maximum atomic E-state index is 11.2. The van der Waals surface area contributed by atoms with Crippen molar-refractivity contribution < 1.29 is 0 Å². The largest absolute Gasteiger partial charge is 0.309 e. The van der Waals surface area contributed by atoms with E-state index in [1.807, 2.05) is 30.3 Å². The van der Waals surface area contributed by atoms with Gasteiger partial charge in [0, 0.05) is 60.2 Å². The zero-order chi connectivity index (χ0) is 41.1. The normalized spacial score (nSPS) is 11.8. The lowest BCUT2D eigenvalue weighted by Gasteiger charge is -2.16. The van der Waals surface area contributed by atoms with Crippen LogP contribution in [0.25, 0.3) is 110 Å². The zero-order valence-electron chi connectivity index (χ0n) is 33.2. The summed E-state index contributed by atoms with van der Waals surface area (Å²) < 4.78 is 8.98. The maximum Gasteiger partial charge on any atom is 0.101 e. The highest BCUT2D eigenvalue weighted by atomic mass is 15.0. The number of nitriles is 2. The molecule has 9 aromatic carbocycles. The van der Waals surface area contributed by atoms with Crippen molar-refractivity contribution in [2.24, 2.45) is 0 Å². The van der Waals surface area contributed by atoms with E-state index in [4.69, 9.17) is 0 Å². The summed E-state index contributed by atoms with van der Waals surface area (Å²) in [5, 5.41) is 31.3. The van der Waals surface area contributed by atoms with Gasteiger partial charge in [-0.15, -0.1) is 0 Å². The van der Waals surface area contributed by atoms with E-state index in [2.05, 4.69) is 194 Å². The molecule has 0 fully saturated rings. The van der Waals surface area contributed by atoms with Crippen LogP contribution in [0.15, 0.2) is 194 Å². The minimum Gasteiger partial charge on any atom is -0.309 e. The lowest BCUT2D eigenvalue weighted by molar-refractivity contribution is 1.12. The Bertz CT molecular complexity index is 4070. The van der Waals surface area contributed by atoms with Crippen LogP contribution in [-0.4, -0.2) is 18.3 Å². The number of benzene rings is 9. The number of hydrogen-bond donors (Lipinski definition) is 0. The molecule has 0 N–H and O–H groups in total. The number of fused-ring (bicyclic) bond motifs is 12. The molecule has 4 heterocycles. The third-order valence-electron chi connectivity index (χ3n) is 12.8. The van der Waals surface area contributed by atoms with Crippen molar-refractivity contribution >= 4 is 87.2 Å². The number of para-hydroxylation sites is 6. The summed E-state index contributed by atoms with van der Waals surface area (Å²) in [4.78, 5) is 0. The van der Waals surface area contributed by atoms with Gasteiger partial charge >= 0.3 is 0 Å². The molecule has 0 bridgehead atoms. The Balaban J connectivity index is 1.11. The van der Waals surface area contributed by atoms with Crippen LogP contribution < -0.4 is 0 Å². The third-order valence-corrected chi connectivity index (χ3v) is 12.8. The fourth-order valence-corrected chi connectivity index (χ4v) is 10.3. The molecule has 0 aliphatic carbocycles. The van der Waals surface area contributed by atoms with Crippen molar-refractivity contribution in [1.29, 1.82) is 10.5 Å². The van der Waals surface area contributed by atoms with E-state index >= 15 is 0 Å². The van der Waals surface area contributed by atoms with Gasteiger partial charge < -0.3 is 18.3 Å². The molecule has 286 valence electrons. The number of nitrogens with zero attached hydrogens (tertiary/aromatic N) is 6. The van der Waals surface area contributed by atoms with Gasteiger partial charge in [-0.1, -0.05) is 109 Å². The first kappa shape index (κ1) is 34.1. The summed E-state index contributed by atoms with van der Waals surface area (Å²) >= 11 is 0. The Labute approximate surface area is 354 Å². The van der Waals surface area contributed by atoms with Gasteiger partial charge in [0.15, 0.2) is 0 Å². The summed E-state index contributed by atoms with van der Waals surface area (Å²) in [5.74, 6) is 0. The predicted molar refractivity (Wildman–Crippen MR) is 253 cm³/mol. The van der Waals surface area contributed by atoms with E-state index in [1.54, 1.807) is 0 Å². The van der Waals surface area contributed by atoms with Crippen LogP contribution in [0.3, 0.4) is 0 Å². The number of aromatic nitrogens is 4. The zero-order valence-corrected chi connectivity index (χ0v) is 33.2. The molecule has 0 spiro atoms. The first-order chi connectivity index (χ1) is 30.7. The van der Waals surface area contributed by atoms with Crippen LogP contribution in [0.2, 0.25) is 0 Å². The minimum atomic E-state index is 0.413. The van der Waals surface area contributed by atoms with Crippen LogP contribution in [0.5, 0.6) is 0 Å². The van der Waals surface area contributed by atoms with Gasteiger partial charge in [0.05, 0.1) is 60.9 Å². The quantitative estimate of drug-likeness (QED) is 0.178. The van der Waals surface area contributed by atoms with E-state index in [9.17, 15) is 10.5 Å². The molecular formula is C56H32N6. The molecule has 0 radical (unpaired) electrons. The van der Waals surface area contributed by atoms with Gasteiger partial charge in [0.2, 0.25) is 0 Å². The Morgan fingerprint density at radius 2 is 0.565 bits per heavy atom. The molecule has 13 aromatic rings.